The Morgan fingerprint density at radius 3 is 2.48 bits per heavy atom. The Hall–Kier alpha value is -3.08. The van der Waals surface area contributed by atoms with Crippen molar-refractivity contribution in [3.05, 3.63) is 69.8 Å². The number of hydrogen-bond donors (Lipinski definition) is 2. The Balaban J connectivity index is 2.18. The van der Waals surface area contributed by atoms with Crippen LogP contribution in [-0.2, 0) is 14.6 Å². The van der Waals surface area contributed by atoms with Crippen molar-refractivity contribution < 1.29 is 18.3 Å². The van der Waals surface area contributed by atoms with E-state index in [1.54, 1.807) is 18.2 Å². The average molecular weight is 505 g/mol. The van der Waals surface area contributed by atoms with Crippen LogP contribution in [0.25, 0.3) is 10.6 Å². The molecule has 0 spiro atoms. The molecule has 3 aromatic rings. The van der Waals surface area contributed by atoms with Crippen LogP contribution in [0.4, 0.5) is 5.69 Å². The minimum atomic E-state index is -3.41. The summed E-state index contributed by atoms with van der Waals surface area (Å²) in [6.45, 7) is 4.02. The summed E-state index contributed by atoms with van der Waals surface area (Å²) < 4.78 is 23.8. The van der Waals surface area contributed by atoms with Crippen molar-refractivity contribution in [1.82, 2.24) is 10.2 Å². The number of carboxylic acids is 1. The highest BCUT2D eigenvalue weighted by Gasteiger charge is 2.22. The molecule has 0 saturated carbocycles. The lowest BCUT2D eigenvalue weighted by Gasteiger charge is -2.10. The molecule has 0 radical (unpaired) electrons. The molecule has 0 aliphatic carbocycles. The van der Waals surface area contributed by atoms with E-state index >= 15 is 0 Å². The van der Waals surface area contributed by atoms with E-state index in [1.165, 1.54) is 12.1 Å². The van der Waals surface area contributed by atoms with Gasteiger partial charge < -0.3 is 10.8 Å². The second-order valence-corrected chi connectivity index (χ2v) is 10.8. The fourth-order valence-corrected chi connectivity index (χ4v) is 4.68. The fraction of sp³-hybridized carbons (Fsp3) is 0.182. The first-order valence-corrected chi connectivity index (χ1v) is 12.8. The van der Waals surface area contributed by atoms with Crippen LogP contribution in [0.5, 0.6) is 0 Å². The molecule has 1 heterocycles. The Kier molecular flexibility index (Phi) is 7.31. The lowest BCUT2D eigenvalue weighted by atomic mass is 10.0. The van der Waals surface area contributed by atoms with Gasteiger partial charge in [-0.2, -0.15) is 0 Å². The minimum absolute atomic E-state index is 0.0627. The second kappa shape index (κ2) is 9.82. The summed E-state index contributed by atoms with van der Waals surface area (Å²) in [6, 6.07) is 13.7. The molecule has 0 unspecified atom stereocenters. The Labute approximate surface area is 200 Å². The number of halogens is 1. The number of rotatable bonds is 7. The van der Waals surface area contributed by atoms with Crippen molar-refractivity contribution in [2.24, 2.45) is 10.7 Å². The molecule has 1 aromatic heterocycles. The zero-order valence-electron chi connectivity index (χ0n) is 18.0. The second-order valence-electron chi connectivity index (χ2n) is 7.42. The monoisotopic (exact) mass is 504 g/mol. The summed E-state index contributed by atoms with van der Waals surface area (Å²) in [5.74, 6) is -1.25. The van der Waals surface area contributed by atoms with E-state index in [-0.39, 0.29) is 26.6 Å². The van der Waals surface area contributed by atoms with Gasteiger partial charge in [-0.3, -0.25) is 0 Å². The van der Waals surface area contributed by atoms with Crippen LogP contribution >= 0.6 is 22.9 Å². The fourth-order valence-electron chi connectivity index (χ4n) is 2.91. The molecule has 11 heteroatoms. The van der Waals surface area contributed by atoms with Gasteiger partial charge in [0.15, 0.2) is 14.8 Å². The number of hydrogen-bond acceptors (Lipinski definition) is 8. The predicted octanol–water partition coefficient (Wildman–Crippen LogP) is 4.35. The van der Waals surface area contributed by atoms with E-state index in [0.29, 0.717) is 16.3 Å². The molecular weight excluding hydrogens is 484 g/mol. The molecule has 0 amide bonds. The van der Waals surface area contributed by atoms with E-state index in [1.807, 2.05) is 32.0 Å². The van der Waals surface area contributed by atoms with E-state index < -0.39 is 21.5 Å². The highest BCUT2D eigenvalue weighted by Crippen LogP contribution is 2.32. The van der Waals surface area contributed by atoms with Gasteiger partial charge >= 0.3 is 5.97 Å². The quantitative estimate of drug-likeness (QED) is 0.360. The molecule has 0 aliphatic heterocycles. The van der Waals surface area contributed by atoms with Crippen LogP contribution in [0.1, 0.15) is 30.3 Å². The zero-order valence-corrected chi connectivity index (χ0v) is 20.4. The van der Waals surface area contributed by atoms with Crippen molar-refractivity contribution in [1.29, 1.82) is 0 Å². The zero-order chi connectivity index (χ0) is 24.3. The molecule has 0 saturated heterocycles. The third-order valence-corrected chi connectivity index (χ3v) is 7.07. The van der Waals surface area contributed by atoms with Gasteiger partial charge in [-0.15, -0.1) is 10.2 Å². The largest absolute Gasteiger partial charge is 0.477 e. The molecule has 2 aromatic carbocycles. The number of aliphatic imine (C=N–C) groups is 1. The van der Waals surface area contributed by atoms with Crippen LogP contribution in [0.2, 0.25) is 0 Å². The summed E-state index contributed by atoms with van der Waals surface area (Å²) in [5.41, 5.74) is 7.24. The highest BCUT2D eigenvalue weighted by molar-refractivity contribution is 7.90. The van der Waals surface area contributed by atoms with Crippen molar-refractivity contribution >= 4 is 50.1 Å². The molecule has 3 N–H and O–H groups in total. The summed E-state index contributed by atoms with van der Waals surface area (Å²) in [7, 11) is -3.41. The van der Waals surface area contributed by atoms with E-state index in [9.17, 15) is 18.3 Å². The number of para-hydroxylation sites is 1. The minimum Gasteiger partial charge on any atom is -0.477 e. The van der Waals surface area contributed by atoms with Crippen LogP contribution in [0, 0.1) is 0 Å². The van der Waals surface area contributed by atoms with Gasteiger partial charge in [-0.25, -0.2) is 18.2 Å². The molecule has 8 nitrogen and oxygen atoms in total. The topological polar surface area (TPSA) is 136 Å². The van der Waals surface area contributed by atoms with Gasteiger partial charge in [-0.1, -0.05) is 67.1 Å². The number of nitrogens with two attached hydrogens (primary N) is 1. The predicted molar refractivity (Wildman–Crippen MR) is 130 cm³/mol. The van der Waals surface area contributed by atoms with Gasteiger partial charge in [-0.05, 0) is 29.7 Å². The number of aliphatic carboxylic acids is 1. The van der Waals surface area contributed by atoms with Crippen molar-refractivity contribution in [2.75, 3.05) is 6.26 Å². The van der Waals surface area contributed by atoms with Gasteiger partial charge in [0.2, 0.25) is 0 Å². The van der Waals surface area contributed by atoms with Crippen molar-refractivity contribution in [3.8, 4) is 10.6 Å². The van der Waals surface area contributed by atoms with Crippen LogP contribution in [0.3, 0.4) is 0 Å². The number of sulfone groups is 1. The van der Waals surface area contributed by atoms with Crippen molar-refractivity contribution in [2.45, 2.75) is 24.7 Å². The molecule has 0 aliphatic rings. The van der Waals surface area contributed by atoms with Gasteiger partial charge in [0.1, 0.15) is 16.4 Å². The van der Waals surface area contributed by atoms with Gasteiger partial charge in [0.25, 0.3) is 0 Å². The molecule has 0 atom stereocenters. The van der Waals surface area contributed by atoms with Crippen LogP contribution in [0.15, 0.2) is 69.1 Å². The van der Waals surface area contributed by atoms with Gasteiger partial charge in [0, 0.05) is 11.8 Å². The number of carbonyl (C=O) groups is 1. The van der Waals surface area contributed by atoms with Crippen LogP contribution < -0.4 is 5.73 Å². The standard InChI is InChI=1S/C22H21ClN4O4S2/c1-12(2)15-9-4-5-10-16(15)25-19(17(23)18(24)22(28)29)21-27-26-20(32-21)13-7-6-8-14(11-13)33(3,30)31/h4-12H,24H2,1-3H3,(H,28,29). The third kappa shape index (κ3) is 5.65. The first-order chi connectivity index (χ1) is 15.5. The van der Waals surface area contributed by atoms with E-state index in [0.717, 1.165) is 23.2 Å². The van der Waals surface area contributed by atoms with Gasteiger partial charge in [0.05, 0.1) is 15.6 Å². The smallest absolute Gasteiger partial charge is 0.353 e. The Morgan fingerprint density at radius 2 is 1.85 bits per heavy atom. The average Bonchev–Trinajstić information content (AvgIpc) is 3.26. The normalized spacial score (nSPS) is 13.2. The lowest BCUT2D eigenvalue weighted by molar-refractivity contribution is -0.132. The highest BCUT2D eigenvalue weighted by atomic mass is 35.5. The molecule has 33 heavy (non-hydrogen) atoms. The van der Waals surface area contributed by atoms with E-state index in [4.69, 9.17) is 17.3 Å². The maximum Gasteiger partial charge on any atom is 0.353 e. The molecule has 0 fully saturated rings. The number of benzene rings is 2. The molecule has 0 bridgehead atoms. The molecule has 3 rings (SSSR count). The summed E-state index contributed by atoms with van der Waals surface area (Å²) >= 11 is 7.44. The summed E-state index contributed by atoms with van der Waals surface area (Å²) in [5, 5.41) is 18.0. The third-order valence-electron chi connectivity index (χ3n) is 4.60. The number of allylic oxidation sites excluding steroid dienone is 1. The first-order valence-electron chi connectivity index (χ1n) is 9.70. The molecule has 172 valence electrons. The molecular formula is C22H21ClN4O4S2. The number of aromatic nitrogens is 2. The Morgan fingerprint density at radius 1 is 1.15 bits per heavy atom. The summed E-state index contributed by atoms with van der Waals surface area (Å²) in [4.78, 5) is 16.2. The van der Waals surface area contributed by atoms with Crippen LogP contribution in [-0.4, -0.2) is 41.7 Å². The van der Waals surface area contributed by atoms with E-state index in [2.05, 4.69) is 15.2 Å². The maximum atomic E-state index is 11.9. The summed E-state index contributed by atoms with van der Waals surface area (Å²) in [6.07, 6.45) is 1.12. The lowest BCUT2D eigenvalue weighted by Crippen LogP contribution is -2.16. The first kappa shape index (κ1) is 24.6. The SMILES string of the molecule is CC(C)c1ccccc1N=C(C(Cl)=C(N)C(=O)O)c1nnc(-c2cccc(S(C)(=O)=O)c2)s1. The maximum absolute atomic E-state index is 11.9. The number of nitrogens with zero attached hydrogens (tertiary/aromatic N) is 3. The number of carboxylic acid groups (broad SMARTS) is 1. The van der Waals surface area contributed by atoms with Crippen molar-refractivity contribution in [3.63, 3.8) is 0 Å². The Bertz CT molecular complexity index is 1380.